The van der Waals surface area contributed by atoms with Gasteiger partial charge in [0.15, 0.2) is 10.5 Å². The summed E-state index contributed by atoms with van der Waals surface area (Å²) in [5.74, 6) is -1.57. The second-order valence-corrected chi connectivity index (χ2v) is 17.5. The summed E-state index contributed by atoms with van der Waals surface area (Å²) >= 11 is 5.53. The number of thiocarbonyl (C=S) groups is 1. The van der Waals surface area contributed by atoms with Crippen LogP contribution in [0, 0.1) is 13.8 Å². The number of rotatable bonds is 17. The van der Waals surface area contributed by atoms with Crippen LogP contribution in [0.5, 0.6) is 5.75 Å². The smallest absolute Gasteiger partial charge is 0.407 e. The number of fused-ring (bicyclic) bond motifs is 2. The fourth-order valence-corrected chi connectivity index (χ4v) is 7.66. The van der Waals surface area contributed by atoms with E-state index in [0.29, 0.717) is 53.6 Å². The lowest BCUT2D eigenvalue weighted by Crippen LogP contribution is -2.45. The standard InChI is InChI=1S/C51H55N5O9S/c1-31-10-14-33(15-11-31)47(34-16-12-32(2)13-17-34)55-44(59)30-56(26-25-53-50(63)65-51(3,4)5)45(60)9-7-6-8-24-52-49(66)54-35-18-21-38(41(27-35)48(61)62)46-39-22-19-36(57)28-42(39)64-43-29-37(58)20-23-40(43)46/h10-23,27-29,47,57H,6-9,24-26,30H2,1-5H3,(H,53,63)(H,55,59)(H,61,62)(H2,52,54,66). The largest absolute Gasteiger partial charge is 0.508 e. The van der Waals surface area contributed by atoms with Gasteiger partial charge in [-0.05, 0) is 113 Å². The quantitative estimate of drug-likeness (QED) is 0.0290. The molecule has 344 valence electrons. The Labute approximate surface area is 388 Å². The molecule has 4 aromatic rings. The minimum Gasteiger partial charge on any atom is -0.508 e. The number of phenols is 1. The van der Waals surface area contributed by atoms with Gasteiger partial charge in [-0.3, -0.25) is 14.4 Å². The van der Waals surface area contributed by atoms with Gasteiger partial charge in [0.2, 0.25) is 11.8 Å². The number of nitrogens with zero attached hydrogens (tertiary/aromatic N) is 1. The lowest BCUT2D eigenvalue weighted by atomic mass is 9.90. The van der Waals surface area contributed by atoms with E-state index in [0.717, 1.165) is 22.3 Å². The molecule has 0 saturated carbocycles. The van der Waals surface area contributed by atoms with Crippen LogP contribution in [-0.2, 0) is 14.3 Å². The molecule has 6 N–H and O–H groups in total. The normalized spacial score (nSPS) is 11.3. The molecule has 3 amide bonds. The third-order valence-corrected chi connectivity index (χ3v) is 10.9. The number of hydrogen-bond acceptors (Lipinski definition) is 9. The highest BCUT2D eigenvalue weighted by atomic mass is 32.1. The zero-order valence-corrected chi connectivity index (χ0v) is 38.5. The topological polar surface area (TPSA) is 200 Å². The lowest BCUT2D eigenvalue weighted by molar-refractivity contribution is -0.136. The van der Waals surface area contributed by atoms with Gasteiger partial charge < -0.3 is 45.5 Å². The van der Waals surface area contributed by atoms with Crippen LogP contribution in [0.15, 0.2) is 112 Å². The summed E-state index contributed by atoms with van der Waals surface area (Å²) < 4.78 is 11.3. The second-order valence-electron chi connectivity index (χ2n) is 17.1. The van der Waals surface area contributed by atoms with E-state index >= 15 is 0 Å². The molecule has 15 heteroatoms. The summed E-state index contributed by atoms with van der Waals surface area (Å²) in [4.78, 5) is 66.0. The summed E-state index contributed by atoms with van der Waals surface area (Å²) in [6, 6.07) is 29.1. The Morgan fingerprint density at radius 2 is 1.45 bits per heavy atom. The molecule has 0 spiro atoms. The molecule has 4 aromatic carbocycles. The number of aromatic hydroxyl groups is 1. The highest BCUT2D eigenvalue weighted by Gasteiger charge is 2.24. The van der Waals surface area contributed by atoms with Gasteiger partial charge in [-0.15, -0.1) is 0 Å². The molecule has 0 radical (unpaired) electrons. The first-order valence-corrected chi connectivity index (χ1v) is 22.1. The van der Waals surface area contributed by atoms with E-state index in [1.807, 2.05) is 62.4 Å². The predicted octanol–water partition coefficient (Wildman–Crippen LogP) is 8.69. The average molecular weight is 914 g/mol. The van der Waals surface area contributed by atoms with E-state index < -0.39 is 23.7 Å². The summed E-state index contributed by atoms with van der Waals surface area (Å²) in [6.45, 7) is 9.71. The maximum absolute atomic E-state index is 13.7. The molecule has 0 fully saturated rings. The van der Waals surface area contributed by atoms with E-state index in [4.69, 9.17) is 21.4 Å². The maximum Gasteiger partial charge on any atom is 0.407 e. The molecular formula is C51H55N5O9S. The van der Waals surface area contributed by atoms with Crippen molar-refractivity contribution in [3.05, 3.63) is 141 Å². The number of alkyl carbamates (subject to hydrolysis) is 1. The van der Waals surface area contributed by atoms with E-state index in [9.17, 15) is 34.2 Å². The van der Waals surface area contributed by atoms with Crippen molar-refractivity contribution in [1.29, 1.82) is 0 Å². The van der Waals surface area contributed by atoms with Crippen LogP contribution in [0.3, 0.4) is 0 Å². The number of anilines is 1. The summed E-state index contributed by atoms with van der Waals surface area (Å²) in [6.07, 6.45) is 1.40. The predicted molar refractivity (Wildman–Crippen MR) is 259 cm³/mol. The number of phenolic OH excluding ortho intramolecular Hbond substituents is 1. The fraction of sp³-hybridized carbons (Fsp3) is 0.294. The molecular weight excluding hydrogens is 859 g/mol. The van der Waals surface area contributed by atoms with E-state index in [2.05, 4.69) is 21.3 Å². The van der Waals surface area contributed by atoms with Crippen LogP contribution in [0.2, 0.25) is 0 Å². The van der Waals surface area contributed by atoms with Crippen LogP contribution in [0.1, 0.15) is 85.1 Å². The van der Waals surface area contributed by atoms with Crippen LogP contribution in [0.4, 0.5) is 10.5 Å². The van der Waals surface area contributed by atoms with Gasteiger partial charge in [0.05, 0.1) is 18.2 Å². The number of unbranched alkanes of at least 4 members (excludes halogenated alkanes) is 2. The van der Waals surface area contributed by atoms with E-state index in [1.165, 1.54) is 35.2 Å². The van der Waals surface area contributed by atoms with E-state index in [-0.39, 0.29) is 71.1 Å². The van der Waals surface area contributed by atoms with Crippen molar-refractivity contribution in [1.82, 2.24) is 20.9 Å². The van der Waals surface area contributed by atoms with Crippen molar-refractivity contribution in [3.8, 4) is 28.2 Å². The summed E-state index contributed by atoms with van der Waals surface area (Å²) in [5, 5.41) is 33.3. The molecule has 0 saturated heterocycles. The zero-order valence-electron chi connectivity index (χ0n) is 37.7. The van der Waals surface area contributed by atoms with Crippen molar-refractivity contribution in [2.24, 2.45) is 0 Å². The number of carboxylic acid groups (broad SMARTS) is 1. The molecule has 1 aliphatic heterocycles. The number of amides is 3. The van der Waals surface area contributed by atoms with Crippen molar-refractivity contribution >= 4 is 57.9 Å². The van der Waals surface area contributed by atoms with Gasteiger partial charge >= 0.3 is 12.1 Å². The number of nitrogens with one attached hydrogen (secondary N) is 4. The van der Waals surface area contributed by atoms with Crippen molar-refractivity contribution in [2.45, 2.75) is 71.9 Å². The molecule has 0 unspecified atom stereocenters. The molecule has 0 aromatic heterocycles. The molecule has 0 atom stereocenters. The first-order chi connectivity index (χ1) is 31.4. The van der Waals surface area contributed by atoms with E-state index in [1.54, 1.807) is 45.0 Å². The van der Waals surface area contributed by atoms with Crippen molar-refractivity contribution < 1.29 is 38.5 Å². The minimum atomic E-state index is -1.18. The Balaban J connectivity index is 1.05. The molecule has 0 bridgehead atoms. The fourth-order valence-electron chi connectivity index (χ4n) is 7.44. The monoisotopic (exact) mass is 913 g/mol. The van der Waals surface area contributed by atoms with Crippen molar-refractivity contribution in [2.75, 3.05) is 31.5 Å². The molecule has 6 rings (SSSR count). The molecule has 2 aliphatic rings. The van der Waals surface area contributed by atoms with Crippen LogP contribution >= 0.6 is 12.2 Å². The number of hydrogen-bond donors (Lipinski definition) is 6. The highest BCUT2D eigenvalue weighted by Crippen LogP contribution is 2.42. The van der Waals surface area contributed by atoms with Gasteiger partial charge in [-0.2, -0.15) is 0 Å². The Morgan fingerprint density at radius 1 is 0.788 bits per heavy atom. The third-order valence-electron chi connectivity index (χ3n) is 10.7. The SMILES string of the molecule is Cc1ccc(C(NC(=O)CN(CCNC(=O)OC(C)(C)C)C(=O)CCCCCNC(=S)Nc2ccc(-c3c4ccc(=O)cc-4oc4cc(O)ccc34)c(C(=O)O)c2)c2ccc(C)cc2)cc1. The van der Waals surface area contributed by atoms with Crippen molar-refractivity contribution in [3.63, 3.8) is 0 Å². The van der Waals surface area contributed by atoms with Gasteiger partial charge in [0, 0.05) is 60.4 Å². The third kappa shape index (κ3) is 13.2. The van der Waals surface area contributed by atoms with Gasteiger partial charge in [-0.1, -0.05) is 72.1 Å². The molecule has 1 aliphatic carbocycles. The second kappa shape index (κ2) is 21.6. The maximum atomic E-state index is 13.7. The summed E-state index contributed by atoms with van der Waals surface area (Å²) in [5.41, 5.74) is 5.14. The van der Waals surface area contributed by atoms with Crippen LogP contribution < -0.4 is 26.7 Å². The number of carboxylic acids is 1. The number of aryl methyl sites for hydroxylation is 2. The Hall–Kier alpha value is -7.26. The lowest BCUT2D eigenvalue weighted by Gasteiger charge is -2.26. The molecule has 1 heterocycles. The Bertz CT molecular complexity index is 2700. The number of ether oxygens (including phenoxy) is 1. The summed E-state index contributed by atoms with van der Waals surface area (Å²) in [7, 11) is 0. The molecule has 14 nitrogen and oxygen atoms in total. The average Bonchev–Trinajstić information content (AvgIpc) is 3.25. The number of carbonyl (C=O) groups is 4. The Morgan fingerprint density at radius 3 is 2.11 bits per heavy atom. The van der Waals surface area contributed by atoms with Gasteiger partial charge in [-0.25, -0.2) is 9.59 Å². The number of aromatic carboxylic acids is 1. The van der Waals surface area contributed by atoms with Gasteiger partial charge in [0.25, 0.3) is 0 Å². The van der Waals surface area contributed by atoms with Crippen LogP contribution in [0.25, 0.3) is 33.4 Å². The Kier molecular flexibility index (Phi) is 15.8. The zero-order chi connectivity index (χ0) is 47.5. The van der Waals surface area contributed by atoms with Gasteiger partial charge in [0.1, 0.15) is 22.7 Å². The highest BCUT2D eigenvalue weighted by molar-refractivity contribution is 7.80. The number of carbonyl (C=O) groups excluding carboxylic acids is 3. The number of benzene rings is 5. The first kappa shape index (κ1) is 48.2. The molecule has 66 heavy (non-hydrogen) atoms. The minimum absolute atomic E-state index is 0.0231. The first-order valence-electron chi connectivity index (χ1n) is 21.7. The van der Waals surface area contributed by atoms with Crippen LogP contribution in [-0.4, -0.2) is 75.9 Å².